The maximum atomic E-state index is 5.95. The average Bonchev–Trinajstić information content (AvgIpc) is 2.79. The van der Waals surface area contributed by atoms with E-state index in [4.69, 9.17) is 10.5 Å². The van der Waals surface area contributed by atoms with Crippen molar-refractivity contribution in [2.75, 3.05) is 13.7 Å². The highest BCUT2D eigenvalue weighted by atomic mass is 16.5. The Balaban J connectivity index is 2.07. The van der Waals surface area contributed by atoms with Crippen molar-refractivity contribution < 1.29 is 4.74 Å². The topological polar surface area (TPSA) is 35.2 Å². The summed E-state index contributed by atoms with van der Waals surface area (Å²) in [7, 11) is 1.70. The van der Waals surface area contributed by atoms with Crippen molar-refractivity contribution in [3.63, 3.8) is 0 Å². The summed E-state index contributed by atoms with van der Waals surface area (Å²) in [6, 6.07) is 8.39. The van der Waals surface area contributed by atoms with Crippen LogP contribution in [0.3, 0.4) is 0 Å². The van der Waals surface area contributed by atoms with Gasteiger partial charge in [-0.2, -0.15) is 0 Å². The van der Waals surface area contributed by atoms with Gasteiger partial charge in [-0.3, -0.25) is 0 Å². The predicted molar refractivity (Wildman–Crippen MR) is 66.7 cm³/mol. The molecule has 0 amide bonds. The van der Waals surface area contributed by atoms with E-state index >= 15 is 0 Å². The Hall–Kier alpha value is -1.02. The maximum Gasteiger partial charge on any atom is 0.118 e. The molecule has 1 fully saturated rings. The first-order valence-electron chi connectivity index (χ1n) is 6.11. The number of nitrogens with two attached hydrogens (primary N) is 1. The van der Waals surface area contributed by atoms with Crippen LogP contribution in [0.25, 0.3) is 0 Å². The van der Waals surface area contributed by atoms with Crippen LogP contribution < -0.4 is 10.5 Å². The molecule has 1 aliphatic carbocycles. The molecule has 0 heterocycles. The minimum Gasteiger partial charge on any atom is -0.497 e. The van der Waals surface area contributed by atoms with E-state index in [0.717, 1.165) is 18.7 Å². The summed E-state index contributed by atoms with van der Waals surface area (Å²) in [6.07, 6.45) is 6.37. The third-order valence-corrected chi connectivity index (χ3v) is 3.84. The number of ether oxygens (including phenoxy) is 1. The zero-order chi connectivity index (χ0) is 11.4. The van der Waals surface area contributed by atoms with Gasteiger partial charge in [0.05, 0.1) is 7.11 Å². The third kappa shape index (κ3) is 2.38. The number of hydrogen-bond acceptors (Lipinski definition) is 2. The Morgan fingerprint density at radius 1 is 1.19 bits per heavy atom. The third-order valence-electron chi connectivity index (χ3n) is 3.84. The fraction of sp³-hybridized carbons (Fsp3) is 0.571. The lowest BCUT2D eigenvalue weighted by Crippen LogP contribution is -2.29. The fourth-order valence-electron chi connectivity index (χ4n) is 2.75. The first-order chi connectivity index (χ1) is 7.78. The molecule has 16 heavy (non-hydrogen) atoms. The van der Waals surface area contributed by atoms with E-state index in [1.165, 1.54) is 31.2 Å². The lowest BCUT2D eigenvalue weighted by Gasteiger charge is -2.27. The fourth-order valence-corrected chi connectivity index (χ4v) is 2.75. The second-order valence-electron chi connectivity index (χ2n) is 4.94. The number of hydrogen-bond donors (Lipinski definition) is 1. The largest absolute Gasteiger partial charge is 0.497 e. The molecule has 88 valence electrons. The molecular weight excluding hydrogens is 198 g/mol. The van der Waals surface area contributed by atoms with Gasteiger partial charge in [-0.1, -0.05) is 25.0 Å². The average molecular weight is 219 g/mol. The molecule has 0 unspecified atom stereocenters. The van der Waals surface area contributed by atoms with E-state index in [9.17, 15) is 0 Å². The maximum absolute atomic E-state index is 5.95. The molecule has 2 N–H and O–H groups in total. The van der Waals surface area contributed by atoms with Crippen molar-refractivity contribution in [2.24, 2.45) is 11.1 Å². The molecule has 2 nitrogen and oxygen atoms in total. The predicted octanol–water partition coefficient (Wildman–Crippen LogP) is 2.76. The first-order valence-corrected chi connectivity index (χ1v) is 6.11. The van der Waals surface area contributed by atoms with Gasteiger partial charge in [0, 0.05) is 0 Å². The standard InChI is InChI=1S/C14H21NO/c1-16-13-6-4-12(5-7-13)10-14(11-15)8-2-3-9-14/h4-7H,2-3,8-11,15H2,1H3. The van der Waals surface area contributed by atoms with Crippen molar-refractivity contribution in [1.29, 1.82) is 0 Å². The summed E-state index contributed by atoms with van der Waals surface area (Å²) in [4.78, 5) is 0. The summed E-state index contributed by atoms with van der Waals surface area (Å²) in [5.74, 6) is 0.928. The van der Waals surface area contributed by atoms with Gasteiger partial charge in [0.1, 0.15) is 5.75 Å². The summed E-state index contributed by atoms with van der Waals surface area (Å²) in [6.45, 7) is 0.818. The zero-order valence-electron chi connectivity index (χ0n) is 10.0. The lowest BCUT2D eigenvalue weighted by molar-refractivity contribution is 0.306. The molecule has 0 spiro atoms. The van der Waals surface area contributed by atoms with Crippen LogP contribution in [-0.2, 0) is 6.42 Å². The van der Waals surface area contributed by atoms with E-state index in [1.807, 2.05) is 12.1 Å². The molecule has 0 bridgehead atoms. The molecule has 0 radical (unpaired) electrons. The second kappa shape index (κ2) is 4.88. The van der Waals surface area contributed by atoms with Gasteiger partial charge in [0.25, 0.3) is 0 Å². The van der Waals surface area contributed by atoms with Crippen LogP contribution in [-0.4, -0.2) is 13.7 Å². The smallest absolute Gasteiger partial charge is 0.118 e. The van der Waals surface area contributed by atoms with Gasteiger partial charge < -0.3 is 10.5 Å². The highest BCUT2D eigenvalue weighted by Crippen LogP contribution is 2.40. The molecule has 1 aromatic rings. The Labute approximate surface area is 97.8 Å². The molecule has 1 aromatic carbocycles. The molecule has 2 heteroatoms. The summed E-state index contributed by atoms with van der Waals surface area (Å²) in [5, 5.41) is 0. The normalized spacial score (nSPS) is 18.6. The van der Waals surface area contributed by atoms with Crippen LogP contribution in [0, 0.1) is 5.41 Å². The zero-order valence-corrected chi connectivity index (χ0v) is 10.0. The van der Waals surface area contributed by atoms with E-state index < -0.39 is 0 Å². The van der Waals surface area contributed by atoms with Crippen LogP contribution in [0.5, 0.6) is 5.75 Å². The van der Waals surface area contributed by atoms with Crippen molar-refractivity contribution in [2.45, 2.75) is 32.1 Å². The monoisotopic (exact) mass is 219 g/mol. The van der Waals surface area contributed by atoms with Crippen LogP contribution in [0.15, 0.2) is 24.3 Å². The highest BCUT2D eigenvalue weighted by Gasteiger charge is 2.32. The first kappa shape index (κ1) is 11.5. The Bertz CT molecular complexity index is 325. The SMILES string of the molecule is COc1ccc(CC2(CN)CCCC2)cc1. The Morgan fingerprint density at radius 2 is 1.81 bits per heavy atom. The molecule has 2 rings (SSSR count). The van der Waals surface area contributed by atoms with Crippen molar-refractivity contribution in [1.82, 2.24) is 0 Å². The summed E-state index contributed by atoms with van der Waals surface area (Å²) >= 11 is 0. The minimum absolute atomic E-state index is 0.370. The van der Waals surface area contributed by atoms with Crippen molar-refractivity contribution >= 4 is 0 Å². The van der Waals surface area contributed by atoms with Gasteiger partial charge in [-0.05, 0) is 48.9 Å². The molecular formula is C14H21NO. The van der Waals surface area contributed by atoms with E-state index in [1.54, 1.807) is 7.11 Å². The van der Waals surface area contributed by atoms with Gasteiger partial charge >= 0.3 is 0 Å². The minimum atomic E-state index is 0.370. The highest BCUT2D eigenvalue weighted by molar-refractivity contribution is 5.28. The Kier molecular flexibility index (Phi) is 3.49. The van der Waals surface area contributed by atoms with Crippen molar-refractivity contribution in [3.8, 4) is 5.75 Å². The summed E-state index contributed by atoms with van der Waals surface area (Å²) < 4.78 is 5.17. The lowest BCUT2D eigenvalue weighted by atomic mass is 9.80. The molecule has 1 saturated carbocycles. The molecule has 0 aromatic heterocycles. The Morgan fingerprint density at radius 3 is 2.31 bits per heavy atom. The molecule has 1 aliphatic rings. The number of benzene rings is 1. The van der Waals surface area contributed by atoms with Gasteiger partial charge in [-0.15, -0.1) is 0 Å². The molecule has 0 saturated heterocycles. The van der Waals surface area contributed by atoms with E-state index in [2.05, 4.69) is 12.1 Å². The second-order valence-corrected chi connectivity index (χ2v) is 4.94. The summed E-state index contributed by atoms with van der Waals surface area (Å²) in [5.41, 5.74) is 7.70. The van der Waals surface area contributed by atoms with Gasteiger partial charge in [-0.25, -0.2) is 0 Å². The van der Waals surface area contributed by atoms with Gasteiger partial charge in [0.15, 0.2) is 0 Å². The van der Waals surface area contributed by atoms with Crippen molar-refractivity contribution in [3.05, 3.63) is 29.8 Å². The van der Waals surface area contributed by atoms with Crippen LogP contribution in [0.2, 0.25) is 0 Å². The van der Waals surface area contributed by atoms with E-state index in [-0.39, 0.29) is 0 Å². The molecule has 0 atom stereocenters. The number of rotatable bonds is 4. The number of methoxy groups -OCH3 is 1. The quantitative estimate of drug-likeness (QED) is 0.845. The van der Waals surface area contributed by atoms with Gasteiger partial charge in [0.2, 0.25) is 0 Å². The molecule has 0 aliphatic heterocycles. The van der Waals surface area contributed by atoms with Crippen LogP contribution in [0.4, 0.5) is 0 Å². The van der Waals surface area contributed by atoms with Crippen LogP contribution in [0.1, 0.15) is 31.2 Å². The van der Waals surface area contributed by atoms with Crippen LogP contribution >= 0.6 is 0 Å². The van der Waals surface area contributed by atoms with E-state index in [0.29, 0.717) is 5.41 Å².